The van der Waals surface area contributed by atoms with E-state index in [9.17, 15) is 9.46 Å². The highest BCUT2D eigenvalue weighted by atomic mass is 31.2. The molecular formula is C7H16O3P-. The van der Waals surface area contributed by atoms with Gasteiger partial charge in [-0.3, -0.25) is 0 Å². The van der Waals surface area contributed by atoms with Crippen LogP contribution >= 0.6 is 7.60 Å². The Kier molecular flexibility index (Phi) is 4.98. The summed E-state index contributed by atoms with van der Waals surface area (Å²) >= 11 is 0. The number of rotatable bonds is 5. The molecule has 0 spiro atoms. The van der Waals surface area contributed by atoms with Crippen LogP contribution in [0, 0.1) is 5.92 Å². The van der Waals surface area contributed by atoms with Crippen molar-refractivity contribution in [3.8, 4) is 0 Å². The first kappa shape index (κ1) is 11.2. The standard InChI is InChI=1S/C7H17O3P/c1-7(2)5-3-4-6-11(8,9)10/h7H,3-6H2,1-2H3,(H2,8,9,10)/p-1. The first-order valence-electron chi connectivity index (χ1n) is 3.94. The zero-order chi connectivity index (χ0) is 8.91. The predicted molar refractivity (Wildman–Crippen MR) is 43.4 cm³/mol. The molecule has 11 heavy (non-hydrogen) atoms. The molecule has 0 saturated carbocycles. The summed E-state index contributed by atoms with van der Waals surface area (Å²) in [6.45, 7) is 4.19. The Morgan fingerprint density at radius 3 is 2.36 bits per heavy atom. The minimum absolute atomic E-state index is 0.0697. The summed E-state index contributed by atoms with van der Waals surface area (Å²) < 4.78 is 10.3. The fourth-order valence-electron chi connectivity index (χ4n) is 0.864. The molecule has 1 unspecified atom stereocenters. The summed E-state index contributed by atoms with van der Waals surface area (Å²) in [5.41, 5.74) is 0. The molecule has 0 aromatic rings. The van der Waals surface area contributed by atoms with E-state index in [0.29, 0.717) is 12.3 Å². The summed E-state index contributed by atoms with van der Waals surface area (Å²) in [5.74, 6) is 0.611. The Bertz CT molecular complexity index is 139. The van der Waals surface area contributed by atoms with Gasteiger partial charge < -0.3 is 14.4 Å². The molecule has 0 heterocycles. The Balaban J connectivity index is 3.22. The topological polar surface area (TPSA) is 60.4 Å². The number of hydrogen-bond donors (Lipinski definition) is 1. The normalized spacial score (nSPS) is 16.8. The summed E-state index contributed by atoms with van der Waals surface area (Å²) in [5, 5.41) is 0. The highest BCUT2D eigenvalue weighted by Crippen LogP contribution is 2.30. The summed E-state index contributed by atoms with van der Waals surface area (Å²) in [4.78, 5) is 18.6. The van der Waals surface area contributed by atoms with Gasteiger partial charge in [0, 0.05) is 6.16 Å². The van der Waals surface area contributed by atoms with Crippen LogP contribution in [0.3, 0.4) is 0 Å². The second-order valence-electron chi connectivity index (χ2n) is 3.25. The molecule has 0 aromatic carbocycles. The third-order valence-corrected chi connectivity index (χ3v) is 2.35. The third-order valence-electron chi connectivity index (χ3n) is 1.47. The van der Waals surface area contributed by atoms with Crippen molar-refractivity contribution >= 4 is 7.60 Å². The fourth-order valence-corrected chi connectivity index (χ4v) is 1.49. The van der Waals surface area contributed by atoms with Crippen LogP contribution in [0.5, 0.6) is 0 Å². The van der Waals surface area contributed by atoms with Crippen LogP contribution in [0.15, 0.2) is 0 Å². The van der Waals surface area contributed by atoms with Crippen molar-refractivity contribution in [2.24, 2.45) is 5.92 Å². The molecule has 0 aliphatic rings. The molecule has 0 aromatic heterocycles. The Hall–Kier alpha value is 0.150. The van der Waals surface area contributed by atoms with E-state index < -0.39 is 7.60 Å². The second-order valence-corrected chi connectivity index (χ2v) is 4.97. The van der Waals surface area contributed by atoms with Crippen molar-refractivity contribution in [3.05, 3.63) is 0 Å². The molecule has 4 heteroatoms. The maximum absolute atomic E-state index is 10.3. The van der Waals surface area contributed by atoms with Gasteiger partial charge >= 0.3 is 0 Å². The highest BCUT2D eigenvalue weighted by Gasteiger charge is 2.01. The first-order valence-corrected chi connectivity index (χ1v) is 5.71. The van der Waals surface area contributed by atoms with Crippen molar-refractivity contribution in [2.75, 3.05) is 6.16 Å². The summed E-state index contributed by atoms with van der Waals surface area (Å²) in [6.07, 6.45) is 2.42. The molecule has 0 aliphatic heterocycles. The summed E-state index contributed by atoms with van der Waals surface area (Å²) in [7, 11) is -3.98. The molecule has 0 rings (SSSR count). The summed E-state index contributed by atoms with van der Waals surface area (Å²) in [6, 6.07) is 0. The van der Waals surface area contributed by atoms with Crippen molar-refractivity contribution < 1.29 is 14.4 Å². The van der Waals surface area contributed by atoms with E-state index in [2.05, 4.69) is 13.8 Å². The molecular weight excluding hydrogens is 163 g/mol. The maximum atomic E-state index is 10.3. The van der Waals surface area contributed by atoms with Crippen LogP contribution < -0.4 is 4.89 Å². The van der Waals surface area contributed by atoms with Gasteiger partial charge in [-0.15, -0.1) is 0 Å². The second kappa shape index (κ2) is 4.91. The zero-order valence-electron chi connectivity index (χ0n) is 7.12. The van der Waals surface area contributed by atoms with Gasteiger partial charge in [0.05, 0.1) is 0 Å². The lowest BCUT2D eigenvalue weighted by atomic mass is 10.1. The van der Waals surface area contributed by atoms with Crippen molar-refractivity contribution in [3.63, 3.8) is 0 Å². The monoisotopic (exact) mass is 179 g/mol. The van der Waals surface area contributed by atoms with Crippen LogP contribution in [0.4, 0.5) is 0 Å². The van der Waals surface area contributed by atoms with E-state index in [4.69, 9.17) is 4.89 Å². The fraction of sp³-hybridized carbons (Fsp3) is 1.00. The molecule has 0 fully saturated rings. The van der Waals surface area contributed by atoms with Gasteiger partial charge in [0.15, 0.2) is 0 Å². The van der Waals surface area contributed by atoms with E-state index in [1.54, 1.807) is 0 Å². The maximum Gasteiger partial charge on any atom is 0.132 e. The van der Waals surface area contributed by atoms with Crippen molar-refractivity contribution in [2.45, 2.75) is 33.1 Å². The average Bonchev–Trinajstić information content (AvgIpc) is 1.78. The van der Waals surface area contributed by atoms with Crippen LogP contribution in [0.25, 0.3) is 0 Å². The zero-order valence-corrected chi connectivity index (χ0v) is 8.01. The Morgan fingerprint density at radius 2 is 2.00 bits per heavy atom. The number of unbranched alkanes of at least 4 members (excludes halogenated alkanes) is 1. The van der Waals surface area contributed by atoms with Crippen LogP contribution in [0.2, 0.25) is 0 Å². The molecule has 1 atom stereocenters. The van der Waals surface area contributed by atoms with E-state index in [0.717, 1.165) is 12.8 Å². The molecule has 68 valence electrons. The highest BCUT2D eigenvalue weighted by molar-refractivity contribution is 7.50. The molecule has 1 N–H and O–H groups in total. The van der Waals surface area contributed by atoms with Crippen LogP contribution in [-0.2, 0) is 4.57 Å². The molecule has 0 amide bonds. The molecule has 0 aliphatic carbocycles. The van der Waals surface area contributed by atoms with E-state index in [1.807, 2.05) is 0 Å². The average molecular weight is 179 g/mol. The van der Waals surface area contributed by atoms with Gasteiger partial charge in [-0.1, -0.05) is 26.7 Å². The SMILES string of the molecule is CC(C)CCCCP(=O)([O-])O. The van der Waals surface area contributed by atoms with Gasteiger partial charge in [-0.25, -0.2) is 0 Å². The third kappa shape index (κ3) is 10.2. The smallest absolute Gasteiger partial charge is 0.132 e. The molecule has 3 nitrogen and oxygen atoms in total. The van der Waals surface area contributed by atoms with E-state index >= 15 is 0 Å². The predicted octanol–water partition coefficient (Wildman–Crippen LogP) is 1.36. The Morgan fingerprint density at radius 1 is 1.45 bits per heavy atom. The minimum Gasteiger partial charge on any atom is -0.779 e. The van der Waals surface area contributed by atoms with Crippen LogP contribution in [0.1, 0.15) is 33.1 Å². The van der Waals surface area contributed by atoms with Gasteiger partial charge in [0.2, 0.25) is 0 Å². The quantitative estimate of drug-likeness (QED) is 0.512. The molecule has 0 saturated heterocycles. The van der Waals surface area contributed by atoms with E-state index in [-0.39, 0.29) is 6.16 Å². The largest absolute Gasteiger partial charge is 0.779 e. The lowest BCUT2D eigenvalue weighted by molar-refractivity contribution is -0.193. The number of hydrogen-bond acceptors (Lipinski definition) is 2. The van der Waals surface area contributed by atoms with E-state index in [1.165, 1.54) is 0 Å². The van der Waals surface area contributed by atoms with Gasteiger partial charge in [0.25, 0.3) is 0 Å². The van der Waals surface area contributed by atoms with Gasteiger partial charge in [-0.2, -0.15) is 0 Å². The van der Waals surface area contributed by atoms with Crippen LogP contribution in [-0.4, -0.2) is 11.1 Å². The first-order chi connectivity index (χ1) is 4.92. The minimum atomic E-state index is -3.98. The van der Waals surface area contributed by atoms with Gasteiger partial charge in [-0.05, 0) is 12.3 Å². The van der Waals surface area contributed by atoms with Gasteiger partial charge in [0.1, 0.15) is 7.60 Å². The molecule has 0 bridgehead atoms. The van der Waals surface area contributed by atoms with Crippen molar-refractivity contribution in [1.29, 1.82) is 0 Å². The molecule has 0 radical (unpaired) electrons. The Labute approximate surface area is 68.0 Å². The lowest BCUT2D eigenvalue weighted by Crippen LogP contribution is -2.03. The van der Waals surface area contributed by atoms with Crippen molar-refractivity contribution in [1.82, 2.24) is 0 Å². The lowest BCUT2D eigenvalue weighted by Gasteiger charge is -2.14.